The Bertz CT molecular complexity index is 380. The highest BCUT2D eigenvalue weighted by molar-refractivity contribution is 9.10. The predicted molar refractivity (Wildman–Crippen MR) is 69.8 cm³/mol. The maximum absolute atomic E-state index is 12.0. The molecule has 1 aromatic heterocycles. The van der Waals surface area contributed by atoms with E-state index in [0.29, 0.717) is 6.42 Å². The molecule has 1 atom stereocenters. The molecule has 0 aliphatic carbocycles. The number of aromatic nitrogens is 1. The number of hydrogen-bond donors (Lipinski definition) is 1. The van der Waals surface area contributed by atoms with Gasteiger partial charge in [0.2, 0.25) is 0 Å². The standard InChI is InChI=1S/C11H13BrN2OS/c12-9-3-8(5-13-6-9)4-11(15)10-7-16-2-1-14-10/h3,5-6,10,14H,1-2,4,7H2. The van der Waals surface area contributed by atoms with Gasteiger partial charge in [0, 0.05) is 41.3 Å². The quantitative estimate of drug-likeness (QED) is 0.922. The topological polar surface area (TPSA) is 42.0 Å². The van der Waals surface area contributed by atoms with Crippen molar-refractivity contribution in [2.24, 2.45) is 0 Å². The minimum atomic E-state index is 0.0118. The smallest absolute Gasteiger partial charge is 0.155 e. The van der Waals surface area contributed by atoms with E-state index in [1.54, 1.807) is 12.4 Å². The number of Topliss-reactive ketones (excluding diaryl/α,β-unsaturated/α-hetero) is 1. The van der Waals surface area contributed by atoms with Crippen molar-refractivity contribution in [3.05, 3.63) is 28.5 Å². The van der Waals surface area contributed by atoms with Crippen LogP contribution in [-0.2, 0) is 11.2 Å². The minimum absolute atomic E-state index is 0.0118. The average Bonchev–Trinajstić information content (AvgIpc) is 2.30. The number of rotatable bonds is 3. The monoisotopic (exact) mass is 300 g/mol. The molecule has 0 radical (unpaired) electrons. The molecule has 1 unspecified atom stereocenters. The molecule has 1 aliphatic rings. The molecule has 86 valence electrons. The number of thioether (sulfide) groups is 1. The van der Waals surface area contributed by atoms with Gasteiger partial charge in [-0.25, -0.2) is 0 Å². The molecule has 0 amide bonds. The molecular formula is C11H13BrN2OS. The number of nitrogens with zero attached hydrogens (tertiary/aromatic N) is 1. The molecule has 1 fully saturated rings. The third kappa shape index (κ3) is 3.30. The summed E-state index contributed by atoms with van der Waals surface area (Å²) < 4.78 is 0.920. The summed E-state index contributed by atoms with van der Waals surface area (Å²) in [6, 6.07) is 1.96. The zero-order chi connectivity index (χ0) is 11.4. The van der Waals surface area contributed by atoms with Gasteiger partial charge in [0.1, 0.15) is 0 Å². The summed E-state index contributed by atoms with van der Waals surface area (Å²) >= 11 is 5.19. The number of halogens is 1. The number of carbonyl (C=O) groups excluding carboxylic acids is 1. The van der Waals surface area contributed by atoms with E-state index in [1.807, 2.05) is 17.8 Å². The van der Waals surface area contributed by atoms with Crippen LogP contribution in [0.5, 0.6) is 0 Å². The van der Waals surface area contributed by atoms with Crippen LogP contribution in [0.1, 0.15) is 5.56 Å². The summed E-state index contributed by atoms with van der Waals surface area (Å²) in [6.07, 6.45) is 3.94. The van der Waals surface area contributed by atoms with Crippen LogP contribution in [0.3, 0.4) is 0 Å². The summed E-state index contributed by atoms with van der Waals surface area (Å²) in [5, 5.41) is 3.25. The van der Waals surface area contributed by atoms with Gasteiger partial charge < -0.3 is 5.32 Å². The molecule has 0 saturated carbocycles. The Balaban J connectivity index is 1.96. The predicted octanol–water partition coefficient (Wildman–Crippen LogP) is 1.66. The Labute approximate surface area is 108 Å². The highest BCUT2D eigenvalue weighted by Crippen LogP contribution is 2.13. The van der Waals surface area contributed by atoms with Crippen molar-refractivity contribution in [2.45, 2.75) is 12.5 Å². The first kappa shape index (κ1) is 12.1. The van der Waals surface area contributed by atoms with Crippen LogP contribution in [0.4, 0.5) is 0 Å². The first-order chi connectivity index (χ1) is 7.75. The first-order valence-corrected chi connectivity index (χ1v) is 7.14. The lowest BCUT2D eigenvalue weighted by atomic mass is 10.1. The number of hydrogen-bond acceptors (Lipinski definition) is 4. The molecule has 16 heavy (non-hydrogen) atoms. The largest absolute Gasteiger partial charge is 0.306 e. The van der Waals surface area contributed by atoms with Gasteiger partial charge >= 0.3 is 0 Å². The lowest BCUT2D eigenvalue weighted by Crippen LogP contribution is -2.44. The van der Waals surface area contributed by atoms with Crippen molar-refractivity contribution in [1.82, 2.24) is 10.3 Å². The average molecular weight is 301 g/mol. The third-order valence-electron chi connectivity index (χ3n) is 2.45. The van der Waals surface area contributed by atoms with Crippen molar-refractivity contribution >= 4 is 33.5 Å². The maximum Gasteiger partial charge on any atom is 0.155 e. The van der Waals surface area contributed by atoms with Crippen molar-refractivity contribution in [2.75, 3.05) is 18.1 Å². The van der Waals surface area contributed by atoms with E-state index in [0.717, 1.165) is 28.1 Å². The Kier molecular flexibility index (Phi) is 4.37. The van der Waals surface area contributed by atoms with E-state index in [4.69, 9.17) is 0 Å². The second-order valence-electron chi connectivity index (χ2n) is 3.74. The molecule has 0 spiro atoms. The summed E-state index contributed by atoms with van der Waals surface area (Å²) in [5.41, 5.74) is 0.969. The van der Waals surface area contributed by atoms with Crippen LogP contribution in [0.15, 0.2) is 22.9 Å². The fraction of sp³-hybridized carbons (Fsp3) is 0.455. The molecule has 2 heterocycles. The summed E-state index contributed by atoms with van der Waals surface area (Å²) in [6.45, 7) is 0.928. The molecule has 3 nitrogen and oxygen atoms in total. The van der Waals surface area contributed by atoms with Crippen LogP contribution in [0.2, 0.25) is 0 Å². The van der Waals surface area contributed by atoms with E-state index in [1.165, 1.54) is 0 Å². The van der Waals surface area contributed by atoms with Gasteiger partial charge in [-0.1, -0.05) is 0 Å². The fourth-order valence-corrected chi connectivity index (χ4v) is 3.03. The second kappa shape index (κ2) is 5.80. The Morgan fingerprint density at radius 3 is 3.19 bits per heavy atom. The number of pyridine rings is 1. The van der Waals surface area contributed by atoms with E-state index in [-0.39, 0.29) is 11.8 Å². The fourth-order valence-electron chi connectivity index (χ4n) is 1.65. The van der Waals surface area contributed by atoms with E-state index < -0.39 is 0 Å². The van der Waals surface area contributed by atoms with Crippen molar-refractivity contribution < 1.29 is 4.79 Å². The molecule has 1 saturated heterocycles. The second-order valence-corrected chi connectivity index (χ2v) is 5.80. The van der Waals surface area contributed by atoms with Gasteiger partial charge in [0.15, 0.2) is 5.78 Å². The van der Waals surface area contributed by atoms with Gasteiger partial charge in [0.25, 0.3) is 0 Å². The van der Waals surface area contributed by atoms with Crippen LogP contribution < -0.4 is 5.32 Å². The van der Waals surface area contributed by atoms with Crippen molar-refractivity contribution in [3.8, 4) is 0 Å². The summed E-state index contributed by atoms with van der Waals surface area (Å²) in [5.74, 6) is 2.25. The number of ketones is 1. The Hall–Kier alpha value is -0.390. The van der Waals surface area contributed by atoms with Gasteiger partial charge in [-0.2, -0.15) is 11.8 Å². The van der Waals surface area contributed by atoms with Crippen molar-refractivity contribution in [1.29, 1.82) is 0 Å². The van der Waals surface area contributed by atoms with Crippen LogP contribution in [-0.4, -0.2) is 34.9 Å². The van der Waals surface area contributed by atoms with Crippen molar-refractivity contribution in [3.63, 3.8) is 0 Å². The first-order valence-electron chi connectivity index (χ1n) is 5.19. The van der Waals surface area contributed by atoms with E-state index >= 15 is 0 Å². The molecule has 1 aromatic rings. The Morgan fingerprint density at radius 1 is 1.62 bits per heavy atom. The molecular weight excluding hydrogens is 288 g/mol. The summed E-state index contributed by atoms with van der Waals surface area (Å²) in [4.78, 5) is 16.0. The van der Waals surface area contributed by atoms with Gasteiger partial charge in [-0.15, -0.1) is 0 Å². The van der Waals surface area contributed by atoms with Gasteiger partial charge in [0.05, 0.1) is 6.04 Å². The lowest BCUT2D eigenvalue weighted by Gasteiger charge is -2.21. The van der Waals surface area contributed by atoms with Crippen LogP contribution in [0, 0.1) is 0 Å². The molecule has 2 rings (SSSR count). The maximum atomic E-state index is 12.0. The molecule has 0 bridgehead atoms. The van der Waals surface area contributed by atoms with Crippen LogP contribution >= 0.6 is 27.7 Å². The highest BCUT2D eigenvalue weighted by Gasteiger charge is 2.20. The van der Waals surface area contributed by atoms with Crippen LogP contribution in [0.25, 0.3) is 0 Å². The number of nitrogens with one attached hydrogen (secondary N) is 1. The van der Waals surface area contributed by atoms with E-state index in [2.05, 4.69) is 26.2 Å². The van der Waals surface area contributed by atoms with Gasteiger partial charge in [-0.3, -0.25) is 9.78 Å². The normalized spacial score (nSPS) is 20.7. The number of carbonyl (C=O) groups is 1. The molecule has 1 aliphatic heterocycles. The third-order valence-corrected chi connectivity index (χ3v) is 3.95. The van der Waals surface area contributed by atoms with Gasteiger partial charge in [-0.05, 0) is 27.6 Å². The molecule has 1 N–H and O–H groups in total. The lowest BCUT2D eigenvalue weighted by molar-refractivity contribution is -0.119. The SMILES string of the molecule is O=C(Cc1cncc(Br)c1)C1CSCCN1. The molecule has 0 aromatic carbocycles. The van der Waals surface area contributed by atoms with E-state index in [9.17, 15) is 4.79 Å². The Morgan fingerprint density at radius 2 is 2.50 bits per heavy atom. The summed E-state index contributed by atoms with van der Waals surface area (Å²) in [7, 11) is 0. The molecule has 5 heteroatoms. The minimum Gasteiger partial charge on any atom is -0.306 e. The zero-order valence-corrected chi connectivity index (χ0v) is 11.2. The zero-order valence-electron chi connectivity index (χ0n) is 8.78. The highest BCUT2D eigenvalue weighted by atomic mass is 79.9.